The van der Waals surface area contributed by atoms with Gasteiger partial charge in [-0.25, -0.2) is 0 Å². The first-order valence-corrected chi connectivity index (χ1v) is 8.95. The van der Waals surface area contributed by atoms with Crippen LogP contribution in [0.1, 0.15) is 32.4 Å². The quantitative estimate of drug-likeness (QED) is 0.386. The predicted octanol–water partition coefficient (Wildman–Crippen LogP) is 3.29. The Labute approximate surface area is 173 Å². The van der Waals surface area contributed by atoms with E-state index < -0.39 is 0 Å². The van der Waals surface area contributed by atoms with E-state index in [0.29, 0.717) is 12.1 Å². The number of nitrogens with zero attached hydrogens (tertiary/aromatic N) is 2. The number of rotatable bonds is 5. The summed E-state index contributed by atoms with van der Waals surface area (Å²) in [5, 5.41) is 7.59. The van der Waals surface area contributed by atoms with E-state index in [0.717, 1.165) is 42.8 Å². The van der Waals surface area contributed by atoms with Crippen LogP contribution in [-0.4, -0.2) is 56.3 Å². The Morgan fingerprint density at radius 2 is 2.20 bits per heavy atom. The van der Waals surface area contributed by atoms with E-state index >= 15 is 0 Å². The van der Waals surface area contributed by atoms with Gasteiger partial charge in [0.2, 0.25) is 0 Å². The van der Waals surface area contributed by atoms with Gasteiger partial charge in [0.05, 0.1) is 19.3 Å². The van der Waals surface area contributed by atoms with Crippen molar-refractivity contribution in [2.24, 2.45) is 4.99 Å². The Morgan fingerprint density at radius 3 is 2.84 bits per heavy atom. The van der Waals surface area contributed by atoms with Crippen LogP contribution in [0.2, 0.25) is 5.02 Å². The lowest BCUT2D eigenvalue weighted by molar-refractivity contribution is -0.0174. The van der Waals surface area contributed by atoms with Gasteiger partial charge in [0.15, 0.2) is 5.96 Å². The molecule has 0 aliphatic carbocycles. The third kappa shape index (κ3) is 6.92. The maximum absolute atomic E-state index is 6.07. The molecule has 2 rings (SSSR count). The summed E-state index contributed by atoms with van der Waals surface area (Å²) < 4.78 is 5.51. The van der Waals surface area contributed by atoms with E-state index in [-0.39, 0.29) is 30.0 Å². The topological polar surface area (TPSA) is 48.9 Å². The van der Waals surface area contributed by atoms with Crippen molar-refractivity contribution in [3.63, 3.8) is 0 Å². The van der Waals surface area contributed by atoms with E-state index in [1.165, 1.54) is 0 Å². The molecular weight excluding hydrogens is 451 g/mol. The van der Waals surface area contributed by atoms with Crippen molar-refractivity contribution < 1.29 is 4.74 Å². The number of aliphatic imine (C=N–C) groups is 1. The summed E-state index contributed by atoms with van der Waals surface area (Å²) in [6, 6.07) is 8.90. The summed E-state index contributed by atoms with van der Waals surface area (Å²) in [6.07, 6.45) is 0. The Kier molecular flexibility index (Phi) is 10.1. The smallest absolute Gasteiger partial charge is 0.191 e. The molecule has 5 nitrogen and oxygen atoms in total. The van der Waals surface area contributed by atoms with Crippen molar-refractivity contribution in [1.82, 2.24) is 15.5 Å². The van der Waals surface area contributed by atoms with Crippen LogP contribution >= 0.6 is 35.6 Å². The van der Waals surface area contributed by atoms with E-state index in [4.69, 9.17) is 16.3 Å². The second kappa shape index (κ2) is 11.2. The molecule has 0 saturated carbocycles. The first-order chi connectivity index (χ1) is 11.5. The third-order valence-electron chi connectivity index (χ3n) is 4.48. The second-order valence-electron chi connectivity index (χ2n) is 6.38. The molecule has 142 valence electrons. The lowest BCUT2D eigenvalue weighted by Gasteiger charge is -2.38. The number of ether oxygens (including phenoxy) is 1. The van der Waals surface area contributed by atoms with Gasteiger partial charge in [-0.3, -0.25) is 9.89 Å². The van der Waals surface area contributed by atoms with Crippen LogP contribution in [0.5, 0.6) is 0 Å². The van der Waals surface area contributed by atoms with Gasteiger partial charge in [-0.05, 0) is 38.5 Å². The van der Waals surface area contributed by atoms with E-state index in [1.807, 2.05) is 18.2 Å². The summed E-state index contributed by atoms with van der Waals surface area (Å²) in [6.45, 7) is 10.00. The highest BCUT2D eigenvalue weighted by Crippen LogP contribution is 2.17. The number of halogens is 2. The minimum Gasteiger partial charge on any atom is -0.379 e. The fraction of sp³-hybridized carbons (Fsp3) is 0.611. The average molecular weight is 481 g/mol. The molecule has 7 heteroatoms. The third-order valence-corrected chi connectivity index (χ3v) is 4.71. The van der Waals surface area contributed by atoms with E-state index in [2.05, 4.69) is 47.4 Å². The number of benzene rings is 1. The molecule has 1 aromatic carbocycles. The van der Waals surface area contributed by atoms with E-state index in [9.17, 15) is 0 Å². The summed E-state index contributed by atoms with van der Waals surface area (Å²) >= 11 is 6.07. The summed E-state index contributed by atoms with van der Waals surface area (Å²) in [5.41, 5.74) is 1.14. The van der Waals surface area contributed by atoms with Gasteiger partial charge in [-0.1, -0.05) is 23.7 Å². The number of hydrogen-bond acceptors (Lipinski definition) is 3. The predicted molar refractivity (Wildman–Crippen MR) is 116 cm³/mol. The van der Waals surface area contributed by atoms with Gasteiger partial charge < -0.3 is 15.4 Å². The molecule has 0 amide bonds. The Balaban J connectivity index is 0.00000312. The summed E-state index contributed by atoms with van der Waals surface area (Å²) in [4.78, 5) is 6.81. The van der Waals surface area contributed by atoms with E-state index in [1.54, 1.807) is 7.05 Å². The largest absolute Gasteiger partial charge is 0.379 e. The van der Waals surface area contributed by atoms with Crippen molar-refractivity contribution in [3.8, 4) is 0 Å². The molecule has 3 atom stereocenters. The number of nitrogens with one attached hydrogen (secondary N) is 2. The number of morpholine rings is 1. The summed E-state index contributed by atoms with van der Waals surface area (Å²) in [7, 11) is 1.79. The zero-order chi connectivity index (χ0) is 17.5. The molecule has 1 aliphatic rings. The first-order valence-electron chi connectivity index (χ1n) is 8.57. The van der Waals surface area contributed by atoms with Gasteiger partial charge in [-0.15, -0.1) is 24.0 Å². The highest BCUT2D eigenvalue weighted by Gasteiger charge is 2.23. The first kappa shape index (κ1) is 22.5. The molecule has 1 saturated heterocycles. The zero-order valence-electron chi connectivity index (χ0n) is 15.5. The minimum atomic E-state index is 0. The Hall–Kier alpha value is -0.570. The molecule has 0 aromatic heterocycles. The molecular formula is C18H30ClIN4O. The minimum absolute atomic E-state index is 0. The SMILES string of the molecule is CN=C(NCC(C)N1CCOCC1C)NC(C)c1cccc(Cl)c1.I. The molecule has 1 aromatic rings. The molecule has 0 radical (unpaired) electrons. The molecule has 25 heavy (non-hydrogen) atoms. The molecule has 0 spiro atoms. The lowest BCUT2D eigenvalue weighted by Crippen LogP contribution is -2.53. The second-order valence-corrected chi connectivity index (χ2v) is 6.82. The highest BCUT2D eigenvalue weighted by atomic mass is 127. The number of hydrogen-bond donors (Lipinski definition) is 2. The van der Waals surface area contributed by atoms with Gasteiger partial charge >= 0.3 is 0 Å². The normalized spacial score (nSPS) is 21.2. The molecule has 1 heterocycles. The van der Waals surface area contributed by atoms with Crippen LogP contribution in [0, 0.1) is 0 Å². The van der Waals surface area contributed by atoms with Crippen molar-refractivity contribution >= 4 is 41.5 Å². The summed E-state index contributed by atoms with van der Waals surface area (Å²) in [5.74, 6) is 0.801. The van der Waals surface area contributed by atoms with Gasteiger partial charge in [0.25, 0.3) is 0 Å². The number of guanidine groups is 1. The molecule has 1 fully saturated rings. The Morgan fingerprint density at radius 1 is 1.44 bits per heavy atom. The van der Waals surface area contributed by atoms with Gasteiger partial charge in [0.1, 0.15) is 0 Å². The maximum Gasteiger partial charge on any atom is 0.191 e. The maximum atomic E-state index is 6.07. The average Bonchev–Trinajstić information content (AvgIpc) is 2.58. The van der Waals surface area contributed by atoms with Gasteiger partial charge in [0, 0.05) is 37.2 Å². The van der Waals surface area contributed by atoms with Crippen LogP contribution in [0.3, 0.4) is 0 Å². The van der Waals surface area contributed by atoms with Crippen LogP contribution in [0.15, 0.2) is 29.3 Å². The standard InChI is InChI=1S/C18H29ClN4O.HI/c1-13(23-8-9-24-12-14(23)2)11-21-18(20-4)22-15(3)16-6-5-7-17(19)10-16;/h5-7,10,13-15H,8-9,11-12H2,1-4H3,(H2,20,21,22);1H. The van der Waals surface area contributed by atoms with Crippen molar-refractivity contribution in [2.75, 3.05) is 33.4 Å². The fourth-order valence-corrected chi connectivity index (χ4v) is 3.21. The van der Waals surface area contributed by atoms with Crippen LogP contribution in [0.25, 0.3) is 0 Å². The lowest BCUT2D eigenvalue weighted by atomic mass is 10.1. The fourth-order valence-electron chi connectivity index (χ4n) is 3.02. The van der Waals surface area contributed by atoms with Crippen molar-refractivity contribution in [2.45, 2.75) is 38.9 Å². The molecule has 1 aliphatic heterocycles. The van der Waals surface area contributed by atoms with Crippen LogP contribution in [-0.2, 0) is 4.74 Å². The Bertz CT molecular complexity index is 558. The molecule has 2 N–H and O–H groups in total. The van der Waals surface area contributed by atoms with Gasteiger partial charge in [-0.2, -0.15) is 0 Å². The van der Waals surface area contributed by atoms with Crippen molar-refractivity contribution in [1.29, 1.82) is 0 Å². The van der Waals surface area contributed by atoms with Crippen LogP contribution in [0.4, 0.5) is 0 Å². The van der Waals surface area contributed by atoms with Crippen molar-refractivity contribution in [3.05, 3.63) is 34.9 Å². The molecule has 3 unspecified atom stereocenters. The highest BCUT2D eigenvalue weighted by molar-refractivity contribution is 14.0. The zero-order valence-corrected chi connectivity index (χ0v) is 18.5. The monoisotopic (exact) mass is 480 g/mol. The molecule has 0 bridgehead atoms. The van der Waals surface area contributed by atoms with Crippen LogP contribution < -0.4 is 10.6 Å².